The first-order chi connectivity index (χ1) is 34.5. The van der Waals surface area contributed by atoms with E-state index < -0.39 is 6.10 Å². The number of rotatable bonds is 53. The highest BCUT2D eigenvalue weighted by Gasteiger charge is 2.19. The number of esters is 3. The highest BCUT2D eigenvalue weighted by Crippen LogP contribution is 2.15. The second-order valence-electron chi connectivity index (χ2n) is 19.5. The maximum atomic E-state index is 12.9. The van der Waals surface area contributed by atoms with Crippen LogP contribution in [0.25, 0.3) is 0 Å². The van der Waals surface area contributed by atoms with Gasteiger partial charge in [-0.3, -0.25) is 14.4 Å². The first-order valence-corrected chi connectivity index (χ1v) is 29.6. The number of allylic oxidation sites excluding steroid dienone is 14. The molecular weight excluding hydrogens is 865 g/mol. The molecule has 6 nitrogen and oxygen atoms in total. The van der Waals surface area contributed by atoms with Crippen molar-refractivity contribution in [2.24, 2.45) is 0 Å². The third kappa shape index (κ3) is 55.5. The largest absolute Gasteiger partial charge is 0.462 e. The first kappa shape index (κ1) is 66.6. The molecule has 0 aliphatic heterocycles. The van der Waals surface area contributed by atoms with Crippen LogP contribution in [0.3, 0.4) is 0 Å². The second-order valence-corrected chi connectivity index (χ2v) is 19.5. The molecule has 6 heteroatoms. The normalized spacial score (nSPS) is 12.7. The van der Waals surface area contributed by atoms with Gasteiger partial charge in [0, 0.05) is 19.3 Å². The lowest BCUT2D eigenvalue weighted by atomic mass is 10.1. The summed E-state index contributed by atoms with van der Waals surface area (Å²) in [6.07, 6.45) is 75.7. The average Bonchev–Trinajstić information content (AvgIpc) is 3.36. The van der Waals surface area contributed by atoms with E-state index in [1.165, 1.54) is 141 Å². The van der Waals surface area contributed by atoms with Gasteiger partial charge < -0.3 is 14.2 Å². The van der Waals surface area contributed by atoms with Crippen LogP contribution in [0.2, 0.25) is 0 Å². The molecule has 0 aliphatic rings. The summed E-state index contributed by atoms with van der Waals surface area (Å²) in [5.41, 5.74) is 0. The molecule has 70 heavy (non-hydrogen) atoms. The van der Waals surface area contributed by atoms with Crippen LogP contribution in [0.5, 0.6) is 0 Å². The Morgan fingerprint density at radius 3 is 0.886 bits per heavy atom. The average molecular weight is 976 g/mol. The summed E-state index contributed by atoms with van der Waals surface area (Å²) >= 11 is 0. The monoisotopic (exact) mass is 975 g/mol. The zero-order chi connectivity index (χ0) is 50.7. The van der Waals surface area contributed by atoms with Gasteiger partial charge in [-0.25, -0.2) is 0 Å². The number of hydrogen-bond acceptors (Lipinski definition) is 6. The molecule has 0 aromatic carbocycles. The van der Waals surface area contributed by atoms with Gasteiger partial charge in [0.2, 0.25) is 0 Å². The molecule has 402 valence electrons. The van der Waals surface area contributed by atoms with Gasteiger partial charge in [0.1, 0.15) is 13.2 Å². The quantitative estimate of drug-likeness (QED) is 0.0261. The van der Waals surface area contributed by atoms with Gasteiger partial charge in [-0.2, -0.15) is 0 Å². The lowest BCUT2D eigenvalue weighted by Crippen LogP contribution is -2.30. The van der Waals surface area contributed by atoms with Gasteiger partial charge in [-0.1, -0.05) is 234 Å². The Bertz CT molecular complexity index is 1350. The van der Waals surface area contributed by atoms with Gasteiger partial charge >= 0.3 is 17.9 Å². The van der Waals surface area contributed by atoms with Crippen molar-refractivity contribution < 1.29 is 28.6 Å². The van der Waals surface area contributed by atoms with Gasteiger partial charge in [-0.15, -0.1) is 0 Å². The summed E-state index contributed by atoms with van der Waals surface area (Å²) in [4.78, 5) is 38.2. The van der Waals surface area contributed by atoms with Crippen molar-refractivity contribution in [3.63, 3.8) is 0 Å². The van der Waals surface area contributed by atoms with Gasteiger partial charge in [0.15, 0.2) is 6.10 Å². The minimum Gasteiger partial charge on any atom is -0.462 e. The van der Waals surface area contributed by atoms with E-state index in [1.54, 1.807) is 0 Å². The van der Waals surface area contributed by atoms with Crippen LogP contribution in [0.15, 0.2) is 85.1 Å². The van der Waals surface area contributed by atoms with Gasteiger partial charge in [-0.05, 0) is 116 Å². The van der Waals surface area contributed by atoms with Crippen molar-refractivity contribution in [1.29, 1.82) is 0 Å². The lowest BCUT2D eigenvalue weighted by molar-refractivity contribution is -0.167. The summed E-state index contributed by atoms with van der Waals surface area (Å²) < 4.78 is 16.9. The van der Waals surface area contributed by atoms with Crippen LogP contribution >= 0.6 is 0 Å². The minimum atomic E-state index is -0.786. The zero-order valence-corrected chi connectivity index (χ0v) is 46.0. The molecule has 0 rings (SSSR count). The van der Waals surface area contributed by atoms with E-state index in [-0.39, 0.29) is 31.1 Å². The summed E-state index contributed by atoms with van der Waals surface area (Å²) in [5, 5.41) is 0. The molecular formula is C64H110O6. The molecule has 0 saturated heterocycles. The molecule has 1 atom stereocenters. The molecule has 0 fully saturated rings. The molecule has 0 spiro atoms. The summed E-state index contributed by atoms with van der Waals surface area (Å²) in [6.45, 7) is 6.48. The molecule has 0 N–H and O–H groups in total. The van der Waals surface area contributed by atoms with Gasteiger partial charge in [0.05, 0.1) is 0 Å². The van der Waals surface area contributed by atoms with Crippen LogP contribution in [0.4, 0.5) is 0 Å². The van der Waals surface area contributed by atoms with E-state index in [0.29, 0.717) is 19.3 Å². The van der Waals surface area contributed by atoms with E-state index in [2.05, 4.69) is 106 Å². The Labute approximate surface area is 433 Å². The number of ether oxygens (including phenoxy) is 3. The van der Waals surface area contributed by atoms with Gasteiger partial charge in [0.25, 0.3) is 0 Å². The van der Waals surface area contributed by atoms with Crippen molar-refractivity contribution >= 4 is 17.9 Å². The Balaban J connectivity index is 4.34. The summed E-state index contributed by atoms with van der Waals surface area (Å²) in [5.74, 6) is -0.898. The minimum absolute atomic E-state index is 0.0840. The van der Waals surface area contributed by atoms with Crippen molar-refractivity contribution in [2.75, 3.05) is 13.2 Å². The molecule has 0 amide bonds. The Morgan fingerprint density at radius 1 is 0.300 bits per heavy atom. The predicted molar refractivity (Wildman–Crippen MR) is 302 cm³/mol. The number of unbranched alkanes of at least 4 members (excludes halogenated alkanes) is 28. The maximum Gasteiger partial charge on any atom is 0.306 e. The standard InChI is InChI=1S/C64H110O6/c1-4-7-10-13-16-19-22-25-27-29-30-31-32-33-34-36-37-39-42-45-48-51-54-57-63(66)69-60-61(59-68-62(65)56-53-50-47-44-41-24-21-18-15-12-9-6-3)70-64(67)58-55-52-49-46-43-40-38-35-28-26-23-20-17-14-11-8-5-2/h7,10,16-21,25-28,30-31,61H,4-6,8-9,11-15,22-24,29,32-60H2,1-3H3/b10-7-,19-16-,20-17-,21-18-,27-25-,28-26-,31-30-. The van der Waals surface area contributed by atoms with E-state index in [4.69, 9.17) is 14.2 Å². The van der Waals surface area contributed by atoms with Crippen LogP contribution in [0, 0.1) is 0 Å². The number of carbonyl (C=O) groups is 3. The molecule has 1 unspecified atom stereocenters. The third-order valence-corrected chi connectivity index (χ3v) is 12.6. The molecule has 0 bridgehead atoms. The molecule has 0 heterocycles. The fraction of sp³-hybridized carbons (Fsp3) is 0.734. The van der Waals surface area contributed by atoms with Crippen molar-refractivity contribution in [3.05, 3.63) is 85.1 Å². The highest BCUT2D eigenvalue weighted by molar-refractivity contribution is 5.71. The Morgan fingerprint density at radius 2 is 0.557 bits per heavy atom. The van der Waals surface area contributed by atoms with E-state index in [0.717, 1.165) is 103 Å². The number of carbonyl (C=O) groups excluding carboxylic acids is 3. The molecule has 0 aromatic heterocycles. The SMILES string of the molecule is CC/C=C\C/C=C\C/C=C\C/C=C\CCCCCCCCCCCCC(=O)OCC(COC(=O)CCCCCCC/C=C\CCCCC)OC(=O)CCCCCCCCC/C=C\C/C=C\CCCCC. The predicted octanol–water partition coefficient (Wildman–Crippen LogP) is 19.9. The summed E-state index contributed by atoms with van der Waals surface area (Å²) in [7, 11) is 0. The molecule has 0 radical (unpaired) electrons. The Hall–Kier alpha value is -3.41. The van der Waals surface area contributed by atoms with Crippen molar-refractivity contribution in [3.8, 4) is 0 Å². The first-order valence-electron chi connectivity index (χ1n) is 29.6. The van der Waals surface area contributed by atoms with E-state index >= 15 is 0 Å². The zero-order valence-electron chi connectivity index (χ0n) is 46.0. The Kier molecular flexibility index (Phi) is 55.3. The van der Waals surface area contributed by atoms with Crippen molar-refractivity contribution in [2.45, 2.75) is 290 Å². The van der Waals surface area contributed by atoms with E-state index in [1.807, 2.05) is 0 Å². The van der Waals surface area contributed by atoms with Crippen LogP contribution in [-0.2, 0) is 28.6 Å². The lowest BCUT2D eigenvalue weighted by Gasteiger charge is -2.18. The third-order valence-electron chi connectivity index (χ3n) is 12.6. The van der Waals surface area contributed by atoms with Crippen LogP contribution in [0.1, 0.15) is 284 Å². The molecule has 0 aromatic rings. The molecule has 0 aliphatic carbocycles. The molecule has 0 saturated carbocycles. The fourth-order valence-corrected chi connectivity index (χ4v) is 8.16. The maximum absolute atomic E-state index is 12.9. The van der Waals surface area contributed by atoms with E-state index in [9.17, 15) is 14.4 Å². The fourth-order valence-electron chi connectivity index (χ4n) is 8.16. The van der Waals surface area contributed by atoms with Crippen molar-refractivity contribution in [1.82, 2.24) is 0 Å². The van der Waals surface area contributed by atoms with Crippen LogP contribution < -0.4 is 0 Å². The summed E-state index contributed by atoms with van der Waals surface area (Å²) in [6, 6.07) is 0. The number of hydrogen-bond donors (Lipinski definition) is 0. The second kappa shape index (κ2) is 58.2. The topological polar surface area (TPSA) is 78.9 Å². The smallest absolute Gasteiger partial charge is 0.306 e. The van der Waals surface area contributed by atoms with Crippen LogP contribution in [-0.4, -0.2) is 37.2 Å². The highest BCUT2D eigenvalue weighted by atomic mass is 16.6.